The predicted octanol–water partition coefficient (Wildman–Crippen LogP) is 1.32. The number of benzene rings is 1. The maximum Gasteiger partial charge on any atom is 0.248 e. The van der Waals surface area contributed by atoms with E-state index in [0.717, 1.165) is 31.2 Å². The lowest BCUT2D eigenvalue weighted by atomic mass is 10.1. The summed E-state index contributed by atoms with van der Waals surface area (Å²) >= 11 is 0. The van der Waals surface area contributed by atoms with E-state index in [4.69, 9.17) is 5.73 Å². The van der Waals surface area contributed by atoms with Crippen molar-refractivity contribution >= 4 is 11.9 Å². The highest BCUT2D eigenvalue weighted by Gasteiger charge is 2.22. The maximum atomic E-state index is 11.1. The fraction of sp³-hybridized carbons (Fsp3) is 0.556. The van der Waals surface area contributed by atoms with Crippen LogP contribution in [0.2, 0.25) is 0 Å². The number of nitrogens with one attached hydrogen (secondary N) is 2. The van der Waals surface area contributed by atoms with Crippen LogP contribution in [0.1, 0.15) is 42.6 Å². The molecule has 0 radical (unpaired) electrons. The van der Waals surface area contributed by atoms with Gasteiger partial charge in [-0.15, -0.1) is 0 Å². The largest absolute Gasteiger partial charge is 0.366 e. The van der Waals surface area contributed by atoms with Crippen LogP contribution in [0.3, 0.4) is 0 Å². The topological polar surface area (TPSA) is 82.7 Å². The number of primary amides is 1. The van der Waals surface area contributed by atoms with Gasteiger partial charge >= 0.3 is 0 Å². The number of nitrogens with two attached hydrogens (primary N) is 1. The quantitative estimate of drug-likeness (QED) is 0.520. The summed E-state index contributed by atoms with van der Waals surface area (Å²) in [6, 6.07) is 7.86. The molecule has 0 spiro atoms. The number of likely N-dealkylation sites (N-methyl/N-ethyl adjacent to an activating group) is 1. The lowest BCUT2D eigenvalue weighted by Gasteiger charge is -2.24. The van der Waals surface area contributed by atoms with Gasteiger partial charge in [-0.25, -0.2) is 4.99 Å². The van der Waals surface area contributed by atoms with Crippen LogP contribution in [0, 0.1) is 0 Å². The molecular formula is C18H29N5O. The zero-order valence-electron chi connectivity index (χ0n) is 14.7. The SMILES string of the molecule is CCNC(=NCc1ccc(C(N)=O)cc1)NCC1CCCN1CC. The van der Waals surface area contributed by atoms with Crippen LogP contribution in [0.4, 0.5) is 0 Å². The summed E-state index contributed by atoms with van der Waals surface area (Å²) in [5, 5.41) is 6.74. The van der Waals surface area contributed by atoms with E-state index in [1.807, 2.05) is 12.1 Å². The highest BCUT2D eigenvalue weighted by atomic mass is 16.1. The molecule has 1 amide bonds. The zero-order chi connectivity index (χ0) is 17.4. The molecule has 1 aliphatic heterocycles. The zero-order valence-corrected chi connectivity index (χ0v) is 14.7. The molecule has 1 atom stereocenters. The summed E-state index contributed by atoms with van der Waals surface area (Å²) in [5.74, 6) is 0.427. The first kappa shape index (κ1) is 18.3. The molecule has 1 aromatic carbocycles. The van der Waals surface area contributed by atoms with Crippen molar-refractivity contribution in [1.82, 2.24) is 15.5 Å². The van der Waals surface area contributed by atoms with Crippen molar-refractivity contribution in [3.05, 3.63) is 35.4 Å². The summed E-state index contributed by atoms with van der Waals surface area (Å²) in [6.07, 6.45) is 2.52. The average molecular weight is 331 g/mol. The Kier molecular flexibility index (Phi) is 7.06. The summed E-state index contributed by atoms with van der Waals surface area (Å²) in [6.45, 7) is 8.89. The van der Waals surface area contributed by atoms with Crippen LogP contribution < -0.4 is 16.4 Å². The van der Waals surface area contributed by atoms with Crippen LogP contribution in [-0.2, 0) is 6.54 Å². The Morgan fingerprint density at radius 1 is 1.29 bits per heavy atom. The van der Waals surface area contributed by atoms with Gasteiger partial charge in [-0.3, -0.25) is 9.69 Å². The molecule has 24 heavy (non-hydrogen) atoms. The minimum atomic E-state index is -0.405. The van der Waals surface area contributed by atoms with Crippen LogP contribution >= 0.6 is 0 Å². The molecule has 6 heteroatoms. The number of guanidine groups is 1. The number of likely N-dealkylation sites (tertiary alicyclic amines) is 1. The van der Waals surface area contributed by atoms with Gasteiger partial charge in [0, 0.05) is 24.7 Å². The Balaban J connectivity index is 1.91. The molecule has 0 saturated carbocycles. The molecule has 1 aliphatic rings. The van der Waals surface area contributed by atoms with E-state index in [1.165, 1.54) is 19.4 Å². The molecule has 4 N–H and O–H groups in total. The van der Waals surface area contributed by atoms with Crippen molar-refractivity contribution in [2.75, 3.05) is 26.2 Å². The third-order valence-electron chi connectivity index (χ3n) is 4.41. The van der Waals surface area contributed by atoms with Gasteiger partial charge in [0.1, 0.15) is 0 Å². The van der Waals surface area contributed by atoms with Gasteiger partial charge in [-0.2, -0.15) is 0 Å². The highest BCUT2D eigenvalue weighted by molar-refractivity contribution is 5.92. The Morgan fingerprint density at radius 2 is 2.04 bits per heavy atom. The molecule has 0 aromatic heterocycles. The highest BCUT2D eigenvalue weighted by Crippen LogP contribution is 2.15. The van der Waals surface area contributed by atoms with Crippen molar-refractivity contribution in [1.29, 1.82) is 0 Å². The Morgan fingerprint density at radius 3 is 2.67 bits per heavy atom. The summed E-state index contributed by atoms with van der Waals surface area (Å²) < 4.78 is 0. The van der Waals surface area contributed by atoms with Gasteiger partial charge in [0.05, 0.1) is 6.54 Å². The van der Waals surface area contributed by atoms with E-state index in [-0.39, 0.29) is 0 Å². The molecule has 1 unspecified atom stereocenters. The molecule has 132 valence electrons. The second kappa shape index (κ2) is 9.27. The van der Waals surface area contributed by atoms with E-state index in [0.29, 0.717) is 18.2 Å². The standard InChI is InChI=1S/C18H29N5O/c1-3-20-18(22-13-16-6-5-11-23(16)4-2)21-12-14-7-9-15(10-8-14)17(19)24/h7-10,16H,3-6,11-13H2,1-2H3,(H2,19,24)(H2,20,21,22). The Hall–Kier alpha value is -2.08. The van der Waals surface area contributed by atoms with E-state index in [9.17, 15) is 4.79 Å². The molecule has 0 aliphatic carbocycles. The van der Waals surface area contributed by atoms with E-state index in [2.05, 4.69) is 34.4 Å². The number of hydrogen-bond donors (Lipinski definition) is 3. The first-order valence-electron chi connectivity index (χ1n) is 8.79. The number of carbonyl (C=O) groups excluding carboxylic acids is 1. The van der Waals surface area contributed by atoms with E-state index < -0.39 is 5.91 Å². The van der Waals surface area contributed by atoms with Crippen LogP contribution in [0.5, 0.6) is 0 Å². The van der Waals surface area contributed by atoms with Gasteiger partial charge in [0.25, 0.3) is 0 Å². The van der Waals surface area contributed by atoms with Gasteiger partial charge in [0.15, 0.2) is 5.96 Å². The first-order chi connectivity index (χ1) is 11.6. The van der Waals surface area contributed by atoms with Crippen molar-refractivity contribution in [3.63, 3.8) is 0 Å². The average Bonchev–Trinajstić information content (AvgIpc) is 3.05. The monoisotopic (exact) mass is 331 g/mol. The molecule has 0 bridgehead atoms. The molecule has 6 nitrogen and oxygen atoms in total. The smallest absolute Gasteiger partial charge is 0.248 e. The number of aliphatic imine (C=N–C) groups is 1. The number of carbonyl (C=O) groups is 1. The van der Waals surface area contributed by atoms with E-state index in [1.54, 1.807) is 12.1 Å². The summed E-state index contributed by atoms with van der Waals surface area (Å²) in [7, 11) is 0. The third kappa shape index (κ3) is 5.23. The fourth-order valence-corrected chi connectivity index (χ4v) is 3.04. The third-order valence-corrected chi connectivity index (χ3v) is 4.41. The second-order valence-corrected chi connectivity index (χ2v) is 6.06. The second-order valence-electron chi connectivity index (χ2n) is 6.06. The Labute approximate surface area is 144 Å². The van der Waals surface area contributed by atoms with Crippen molar-refractivity contribution in [3.8, 4) is 0 Å². The van der Waals surface area contributed by atoms with Crippen LogP contribution in [0.15, 0.2) is 29.3 Å². The molecular weight excluding hydrogens is 302 g/mol. The number of nitrogens with zero attached hydrogens (tertiary/aromatic N) is 2. The van der Waals surface area contributed by atoms with Crippen LogP contribution in [0.25, 0.3) is 0 Å². The summed E-state index contributed by atoms with van der Waals surface area (Å²) in [4.78, 5) is 18.2. The van der Waals surface area contributed by atoms with Crippen molar-refractivity contribution in [2.24, 2.45) is 10.7 Å². The van der Waals surface area contributed by atoms with Gasteiger partial charge in [-0.1, -0.05) is 19.1 Å². The molecule has 1 aromatic rings. The fourth-order valence-electron chi connectivity index (χ4n) is 3.04. The molecule has 2 rings (SSSR count). The minimum Gasteiger partial charge on any atom is -0.366 e. The first-order valence-corrected chi connectivity index (χ1v) is 8.79. The maximum absolute atomic E-state index is 11.1. The molecule has 1 saturated heterocycles. The normalized spacial score (nSPS) is 18.6. The van der Waals surface area contributed by atoms with Crippen molar-refractivity contribution < 1.29 is 4.79 Å². The predicted molar refractivity (Wildman–Crippen MR) is 98.0 cm³/mol. The minimum absolute atomic E-state index is 0.405. The van der Waals surface area contributed by atoms with Gasteiger partial charge < -0.3 is 16.4 Å². The van der Waals surface area contributed by atoms with Crippen LogP contribution in [-0.4, -0.2) is 49.0 Å². The van der Waals surface area contributed by atoms with Gasteiger partial charge in [0.2, 0.25) is 5.91 Å². The lowest BCUT2D eigenvalue weighted by molar-refractivity contribution is 0.100. The number of amides is 1. The lowest BCUT2D eigenvalue weighted by Crippen LogP contribution is -2.44. The molecule has 1 heterocycles. The van der Waals surface area contributed by atoms with Gasteiger partial charge in [-0.05, 0) is 50.6 Å². The number of hydrogen-bond acceptors (Lipinski definition) is 3. The van der Waals surface area contributed by atoms with E-state index >= 15 is 0 Å². The summed E-state index contributed by atoms with van der Waals surface area (Å²) in [5.41, 5.74) is 6.83. The number of rotatable bonds is 7. The van der Waals surface area contributed by atoms with Crippen molar-refractivity contribution in [2.45, 2.75) is 39.3 Å². The molecule has 1 fully saturated rings. The Bertz CT molecular complexity index is 555.